The minimum Gasteiger partial charge on any atom is -0.359 e. The zero-order valence-electron chi connectivity index (χ0n) is 16.1. The van der Waals surface area contributed by atoms with Crippen LogP contribution in [0, 0.1) is 5.41 Å². The highest BCUT2D eigenvalue weighted by molar-refractivity contribution is 7.98. The van der Waals surface area contributed by atoms with Crippen molar-refractivity contribution in [3.8, 4) is 11.1 Å². The summed E-state index contributed by atoms with van der Waals surface area (Å²) in [5, 5.41) is 2.74. The van der Waals surface area contributed by atoms with Gasteiger partial charge in [0, 0.05) is 36.0 Å². The number of piperidine rings is 1. The van der Waals surface area contributed by atoms with E-state index >= 15 is 0 Å². The smallest absolute Gasteiger partial charge is 0.253 e. The Bertz CT molecular complexity index is 824. The van der Waals surface area contributed by atoms with Crippen LogP contribution in [0.15, 0.2) is 53.4 Å². The predicted molar refractivity (Wildman–Crippen MR) is 111 cm³/mol. The molecule has 2 aromatic rings. The number of thioether (sulfide) groups is 1. The van der Waals surface area contributed by atoms with Crippen molar-refractivity contribution in [1.82, 2.24) is 10.2 Å². The third-order valence-electron chi connectivity index (χ3n) is 5.46. The molecule has 0 bridgehead atoms. The van der Waals surface area contributed by atoms with E-state index in [-0.39, 0.29) is 17.2 Å². The second-order valence-corrected chi connectivity index (χ2v) is 8.12. The van der Waals surface area contributed by atoms with E-state index in [1.807, 2.05) is 36.1 Å². The van der Waals surface area contributed by atoms with Gasteiger partial charge in [0.25, 0.3) is 5.91 Å². The van der Waals surface area contributed by atoms with E-state index in [0.717, 1.165) is 11.1 Å². The lowest BCUT2D eigenvalue weighted by Gasteiger charge is -2.38. The van der Waals surface area contributed by atoms with Gasteiger partial charge in [-0.3, -0.25) is 9.59 Å². The molecule has 1 aliphatic rings. The number of likely N-dealkylation sites (tertiary alicyclic amines) is 1. The summed E-state index contributed by atoms with van der Waals surface area (Å²) in [6, 6.07) is 16.2. The monoisotopic (exact) mass is 382 g/mol. The van der Waals surface area contributed by atoms with Crippen LogP contribution in [-0.2, 0) is 4.79 Å². The maximum absolute atomic E-state index is 13.0. The summed E-state index contributed by atoms with van der Waals surface area (Å²) in [6.07, 6.45) is 3.44. The molecule has 1 saturated heterocycles. The number of nitrogens with zero attached hydrogens (tertiary/aromatic N) is 1. The summed E-state index contributed by atoms with van der Waals surface area (Å²) < 4.78 is 0. The molecule has 27 heavy (non-hydrogen) atoms. The van der Waals surface area contributed by atoms with E-state index in [1.165, 1.54) is 4.90 Å². The Labute approximate surface area is 165 Å². The first-order valence-electron chi connectivity index (χ1n) is 9.23. The number of nitrogens with one attached hydrogen (secondary N) is 1. The molecule has 2 amide bonds. The normalized spacial score (nSPS) is 16.0. The van der Waals surface area contributed by atoms with Gasteiger partial charge in [-0.2, -0.15) is 0 Å². The fourth-order valence-corrected chi connectivity index (χ4v) is 3.94. The number of hydrogen-bond donors (Lipinski definition) is 1. The van der Waals surface area contributed by atoms with Gasteiger partial charge in [-0.25, -0.2) is 0 Å². The van der Waals surface area contributed by atoms with Crippen molar-refractivity contribution in [2.75, 3.05) is 26.4 Å². The summed E-state index contributed by atoms with van der Waals surface area (Å²) in [7, 11) is 1.67. The minimum atomic E-state index is -0.383. The van der Waals surface area contributed by atoms with Crippen LogP contribution < -0.4 is 5.32 Å². The summed E-state index contributed by atoms with van der Waals surface area (Å²) in [6.45, 7) is 3.19. The van der Waals surface area contributed by atoms with Crippen molar-refractivity contribution in [1.29, 1.82) is 0 Å². The molecule has 0 saturated carbocycles. The average molecular weight is 383 g/mol. The van der Waals surface area contributed by atoms with Crippen molar-refractivity contribution in [3.05, 3.63) is 54.1 Å². The number of carbonyl (C=O) groups is 2. The zero-order chi connectivity index (χ0) is 19.4. The van der Waals surface area contributed by atoms with Crippen LogP contribution >= 0.6 is 11.8 Å². The van der Waals surface area contributed by atoms with Crippen molar-refractivity contribution in [2.24, 2.45) is 5.41 Å². The highest BCUT2D eigenvalue weighted by atomic mass is 32.2. The second-order valence-electron chi connectivity index (χ2n) is 7.24. The molecule has 1 fully saturated rings. The lowest BCUT2D eigenvalue weighted by Crippen LogP contribution is -2.48. The van der Waals surface area contributed by atoms with Gasteiger partial charge >= 0.3 is 0 Å². The van der Waals surface area contributed by atoms with Crippen LogP contribution in [0.25, 0.3) is 11.1 Å². The van der Waals surface area contributed by atoms with Crippen LogP contribution in [0.2, 0.25) is 0 Å². The number of benzene rings is 2. The van der Waals surface area contributed by atoms with Gasteiger partial charge in [0.15, 0.2) is 0 Å². The Morgan fingerprint density at radius 1 is 1.04 bits per heavy atom. The van der Waals surface area contributed by atoms with Gasteiger partial charge in [-0.1, -0.05) is 31.2 Å². The van der Waals surface area contributed by atoms with E-state index in [2.05, 4.69) is 35.8 Å². The molecular formula is C22H26N2O2S. The SMILES string of the molecule is CNC(=O)C1(C)CCN(C(=O)c2cccc(-c3ccc(SC)cc3)c2)CC1. The molecule has 3 rings (SSSR count). The van der Waals surface area contributed by atoms with Crippen molar-refractivity contribution in [2.45, 2.75) is 24.7 Å². The van der Waals surface area contributed by atoms with E-state index in [1.54, 1.807) is 18.8 Å². The zero-order valence-corrected chi connectivity index (χ0v) is 16.9. The third-order valence-corrected chi connectivity index (χ3v) is 6.21. The lowest BCUT2D eigenvalue weighted by atomic mass is 9.79. The van der Waals surface area contributed by atoms with Crippen molar-refractivity contribution in [3.63, 3.8) is 0 Å². The molecular weight excluding hydrogens is 356 g/mol. The fraction of sp³-hybridized carbons (Fsp3) is 0.364. The van der Waals surface area contributed by atoms with Gasteiger partial charge < -0.3 is 10.2 Å². The summed E-state index contributed by atoms with van der Waals surface area (Å²) in [5.41, 5.74) is 2.46. The summed E-state index contributed by atoms with van der Waals surface area (Å²) in [4.78, 5) is 28.1. The van der Waals surface area contributed by atoms with Crippen LogP contribution in [-0.4, -0.2) is 43.1 Å². The average Bonchev–Trinajstić information content (AvgIpc) is 2.73. The molecule has 5 heteroatoms. The van der Waals surface area contributed by atoms with Crippen LogP contribution in [0.3, 0.4) is 0 Å². The first-order valence-corrected chi connectivity index (χ1v) is 10.5. The van der Waals surface area contributed by atoms with Crippen molar-refractivity contribution >= 4 is 23.6 Å². The second kappa shape index (κ2) is 8.17. The van der Waals surface area contributed by atoms with E-state index in [4.69, 9.17) is 0 Å². The molecule has 0 spiro atoms. The Morgan fingerprint density at radius 3 is 2.30 bits per heavy atom. The quantitative estimate of drug-likeness (QED) is 0.811. The highest BCUT2D eigenvalue weighted by Crippen LogP contribution is 2.32. The van der Waals surface area contributed by atoms with E-state index in [0.29, 0.717) is 31.5 Å². The Kier molecular flexibility index (Phi) is 5.90. The molecule has 1 N–H and O–H groups in total. The van der Waals surface area contributed by atoms with Gasteiger partial charge in [0.1, 0.15) is 0 Å². The largest absolute Gasteiger partial charge is 0.359 e. The van der Waals surface area contributed by atoms with Crippen LogP contribution in [0.1, 0.15) is 30.1 Å². The standard InChI is InChI=1S/C22H26N2O2S/c1-22(21(26)23-2)11-13-24(14-12-22)20(25)18-6-4-5-17(15-18)16-7-9-19(27-3)10-8-16/h4-10,15H,11-14H2,1-3H3,(H,23,26). The maximum atomic E-state index is 13.0. The lowest BCUT2D eigenvalue weighted by molar-refractivity contribution is -0.131. The van der Waals surface area contributed by atoms with Gasteiger partial charge in [0.05, 0.1) is 0 Å². The number of hydrogen-bond acceptors (Lipinski definition) is 3. The first-order chi connectivity index (χ1) is 13.0. The third kappa shape index (κ3) is 4.19. The molecule has 0 atom stereocenters. The molecule has 4 nitrogen and oxygen atoms in total. The molecule has 0 radical (unpaired) electrons. The predicted octanol–water partition coefficient (Wildman–Crippen LogP) is 4.06. The Balaban J connectivity index is 1.73. The topological polar surface area (TPSA) is 49.4 Å². The first kappa shape index (κ1) is 19.5. The fourth-order valence-electron chi connectivity index (χ4n) is 3.53. The van der Waals surface area contributed by atoms with Crippen LogP contribution in [0.5, 0.6) is 0 Å². The Morgan fingerprint density at radius 2 is 1.70 bits per heavy atom. The molecule has 1 heterocycles. The summed E-state index contributed by atoms with van der Waals surface area (Å²) >= 11 is 1.71. The molecule has 2 aromatic carbocycles. The van der Waals surface area contributed by atoms with Gasteiger partial charge in [-0.05, 0) is 54.5 Å². The summed E-state index contributed by atoms with van der Waals surface area (Å²) in [5.74, 6) is 0.0989. The highest BCUT2D eigenvalue weighted by Gasteiger charge is 2.37. The molecule has 0 aliphatic carbocycles. The number of amides is 2. The number of rotatable bonds is 4. The maximum Gasteiger partial charge on any atom is 0.253 e. The minimum absolute atomic E-state index is 0.0385. The van der Waals surface area contributed by atoms with Crippen LogP contribution in [0.4, 0.5) is 0 Å². The Hall–Kier alpha value is -2.27. The molecule has 142 valence electrons. The van der Waals surface area contributed by atoms with Crippen molar-refractivity contribution < 1.29 is 9.59 Å². The van der Waals surface area contributed by atoms with E-state index < -0.39 is 0 Å². The molecule has 0 unspecified atom stereocenters. The van der Waals surface area contributed by atoms with E-state index in [9.17, 15) is 9.59 Å². The molecule has 0 aromatic heterocycles. The number of carbonyl (C=O) groups excluding carboxylic acids is 2. The van der Waals surface area contributed by atoms with Gasteiger partial charge in [-0.15, -0.1) is 11.8 Å². The molecule has 1 aliphatic heterocycles. The van der Waals surface area contributed by atoms with Gasteiger partial charge in [0.2, 0.25) is 5.91 Å².